The molecule has 0 saturated heterocycles. The van der Waals surface area contributed by atoms with Gasteiger partial charge in [-0.15, -0.1) is 0 Å². The lowest BCUT2D eigenvalue weighted by molar-refractivity contribution is 0.0563. The number of fused-ring (bicyclic) bond motifs is 2. The number of anilines is 2. The fourth-order valence-corrected chi connectivity index (χ4v) is 5.84. The normalized spacial score (nSPS) is 11.1. The first kappa shape index (κ1) is 30.1. The van der Waals surface area contributed by atoms with Gasteiger partial charge in [-0.2, -0.15) is 0 Å². The first-order valence-corrected chi connectivity index (χ1v) is 17.3. The van der Waals surface area contributed by atoms with Crippen molar-refractivity contribution < 1.29 is 13.9 Å². The van der Waals surface area contributed by atoms with Crippen molar-refractivity contribution >= 4 is 68.0 Å². The Morgan fingerprint density at radius 2 is 1.91 bits per heavy atom. The van der Waals surface area contributed by atoms with E-state index in [1.807, 2.05) is 52.9 Å². The molecule has 12 nitrogen and oxygen atoms in total. The largest absolute Gasteiger partial charge is 0.463 e. The van der Waals surface area contributed by atoms with Gasteiger partial charge in [-0.1, -0.05) is 31.2 Å². The van der Waals surface area contributed by atoms with E-state index >= 15 is 0 Å². The Labute approximate surface area is 261 Å². The number of para-hydroxylation sites is 1. The Bertz CT molecular complexity index is 1940. The molecule has 2 aromatic carbocycles. The van der Waals surface area contributed by atoms with Gasteiger partial charge in [0.1, 0.15) is 24.2 Å². The summed E-state index contributed by atoms with van der Waals surface area (Å²) in [7, 11) is 1.30. The standard InChI is InChI=1S/C24H23N3O4.C5H5IN5P/c1-3-8-21-26-19-12-7-11-18(25-15-17-13-14-20(31-17)24(29)30-2)22(19)23(28)27(21)16-9-5-4-6-10-16;6-12-11-2-10-3-4(7)8-1-9-5(3)11/h4-7,9-14,25H,3,8,15H2,1-2H3;1-2,12H,(H2,7,8,9). The SMILES string of the molecule is CCCc1nc2cccc(NCc3ccc(C(=O)OC)o3)c2c(=O)n1-c1ccccc1.Nc1ncnc2c1ncn2PI. The summed E-state index contributed by atoms with van der Waals surface area (Å²) >= 11 is 2.26. The van der Waals surface area contributed by atoms with E-state index in [1.165, 1.54) is 13.4 Å². The van der Waals surface area contributed by atoms with Crippen molar-refractivity contribution in [1.29, 1.82) is 0 Å². The highest BCUT2D eigenvalue weighted by Crippen LogP contribution is 2.28. The van der Waals surface area contributed by atoms with Gasteiger partial charge in [0.2, 0.25) is 5.76 Å². The second-order valence-corrected chi connectivity index (χ2v) is 11.3. The molecule has 0 saturated carbocycles. The van der Waals surface area contributed by atoms with Gasteiger partial charge in [0, 0.05) is 12.1 Å². The van der Waals surface area contributed by atoms with Crippen LogP contribution in [-0.2, 0) is 17.7 Å². The lowest BCUT2D eigenvalue weighted by atomic mass is 10.1. The summed E-state index contributed by atoms with van der Waals surface area (Å²) < 4.78 is 13.8. The minimum Gasteiger partial charge on any atom is -0.463 e. The van der Waals surface area contributed by atoms with Crippen LogP contribution in [0.5, 0.6) is 0 Å². The number of rotatable bonds is 8. The Morgan fingerprint density at radius 1 is 1.09 bits per heavy atom. The van der Waals surface area contributed by atoms with Crippen molar-refractivity contribution in [2.75, 3.05) is 18.2 Å². The van der Waals surface area contributed by atoms with Gasteiger partial charge in [-0.05, 0) is 64.9 Å². The van der Waals surface area contributed by atoms with E-state index in [1.54, 1.807) is 23.0 Å². The van der Waals surface area contributed by atoms with Crippen LogP contribution in [0.4, 0.5) is 11.5 Å². The fourth-order valence-electron chi connectivity index (χ4n) is 4.44. The van der Waals surface area contributed by atoms with E-state index in [-0.39, 0.29) is 11.3 Å². The number of methoxy groups -OCH3 is 1. The van der Waals surface area contributed by atoms with E-state index in [2.05, 4.69) is 54.0 Å². The van der Waals surface area contributed by atoms with Crippen molar-refractivity contribution in [3.63, 3.8) is 0 Å². The monoisotopic (exact) mass is 710 g/mol. The number of nitrogens with zero attached hydrogens (tertiary/aromatic N) is 6. The maximum absolute atomic E-state index is 13.6. The third-order valence-corrected chi connectivity index (χ3v) is 8.48. The number of furan rings is 1. The molecule has 1 unspecified atom stereocenters. The number of aromatic nitrogens is 6. The molecule has 0 aliphatic carbocycles. The van der Waals surface area contributed by atoms with Gasteiger partial charge in [0.15, 0.2) is 17.0 Å². The number of nitrogen functional groups attached to an aromatic ring is 1. The minimum absolute atomic E-state index is 0.127. The summed E-state index contributed by atoms with van der Waals surface area (Å²) in [5.74, 6) is 1.33. The number of nitrogens with one attached hydrogen (secondary N) is 1. The van der Waals surface area contributed by atoms with Gasteiger partial charge in [0.05, 0.1) is 36.6 Å². The minimum atomic E-state index is -0.533. The number of esters is 1. The predicted molar refractivity (Wildman–Crippen MR) is 176 cm³/mol. The number of halogens is 1. The van der Waals surface area contributed by atoms with Crippen LogP contribution in [0.2, 0.25) is 0 Å². The summed E-state index contributed by atoms with van der Waals surface area (Å²) in [4.78, 5) is 42.0. The lowest BCUT2D eigenvalue weighted by Gasteiger charge is -2.15. The van der Waals surface area contributed by atoms with Crippen LogP contribution >= 0.6 is 28.4 Å². The number of aryl methyl sites for hydroxylation is 1. The molecule has 0 spiro atoms. The molecule has 43 heavy (non-hydrogen) atoms. The van der Waals surface area contributed by atoms with Crippen LogP contribution in [0.1, 0.15) is 35.5 Å². The number of ether oxygens (including phenoxy) is 1. The molecule has 6 rings (SSSR count). The zero-order chi connectivity index (χ0) is 30.3. The zero-order valence-corrected chi connectivity index (χ0v) is 26.5. The summed E-state index contributed by atoms with van der Waals surface area (Å²) in [5, 5.41) is 3.75. The van der Waals surface area contributed by atoms with Crippen molar-refractivity contribution in [2.24, 2.45) is 0 Å². The second kappa shape index (κ2) is 13.7. The summed E-state index contributed by atoms with van der Waals surface area (Å²) in [6.45, 7) is 2.37. The maximum atomic E-state index is 13.6. The third-order valence-electron chi connectivity index (χ3n) is 6.41. The van der Waals surface area contributed by atoms with E-state index < -0.39 is 5.97 Å². The molecule has 0 amide bonds. The van der Waals surface area contributed by atoms with Gasteiger partial charge in [0.25, 0.3) is 5.56 Å². The molecule has 0 aliphatic heterocycles. The summed E-state index contributed by atoms with van der Waals surface area (Å²) in [6.07, 6.45) is 5.33. The van der Waals surface area contributed by atoms with Gasteiger partial charge in [-0.25, -0.2) is 24.7 Å². The molecule has 4 aromatic heterocycles. The summed E-state index contributed by atoms with van der Waals surface area (Å²) in [5.41, 5.74) is 9.03. The first-order valence-electron chi connectivity index (χ1n) is 13.3. The summed E-state index contributed by atoms with van der Waals surface area (Å²) in [6, 6.07) is 18.3. The molecule has 0 fully saturated rings. The fraction of sp³-hybridized carbons (Fsp3) is 0.172. The van der Waals surface area contributed by atoms with E-state index in [0.717, 1.165) is 23.6 Å². The number of nitrogens with two attached hydrogens (primary N) is 1. The van der Waals surface area contributed by atoms with Crippen LogP contribution < -0.4 is 16.6 Å². The number of carbonyl (C=O) groups is 1. The molecule has 3 N–H and O–H groups in total. The molecule has 1 atom stereocenters. The van der Waals surface area contributed by atoms with Crippen LogP contribution in [0, 0.1) is 0 Å². The topological polar surface area (TPSA) is 156 Å². The van der Waals surface area contributed by atoms with Crippen molar-refractivity contribution in [3.8, 4) is 5.69 Å². The lowest BCUT2D eigenvalue weighted by Crippen LogP contribution is -2.24. The molecule has 6 aromatic rings. The van der Waals surface area contributed by atoms with Gasteiger partial charge in [-0.3, -0.25) is 13.7 Å². The molecule has 14 heteroatoms. The second-order valence-electron chi connectivity index (χ2n) is 9.20. The van der Waals surface area contributed by atoms with E-state index in [9.17, 15) is 9.59 Å². The number of carbonyl (C=O) groups excluding carboxylic acids is 1. The zero-order valence-electron chi connectivity index (χ0n) is 23.3. The van der Waals surface area contributed by atoms with E-state index in [0.29, 0.717) is 53.0 Å². The van der Waals surface area contributed by atoms with Gasteiger partial charge >= 0.3 is 5.97 Å². The molecular weight excluding hydrogens is 682 g/mol. The predicted octanol–water partition coefficient (Wildman–Crippen LogP) is 5.53. The van der Waals surface area contributed by atoms with Crippen LogP contribution in [0.25, 0.3) is 27.8 Å². The van der Waals surface area contributed by atoms with Crippen molar-refractivity contribution in [1.82, 2.24) is 28.8 Å². The van der Waals surface area contributed by atoms with Crippen LogP contribution in [-0.4, -0.2) is 41.9 Å². The van der Waals surface area contributed by atoms with Gasteiger partial charge < -0.3 is 20.2 Å². The van der Waals surface area contributed by atoms with Crippen LogP contribution in [0.3, 0.4) is 0 Å². The maximum Gasteiger partial charge on any atom is 0.373 e. The first-order chi connectivity index (χ1) is 20.9. The molecule has 220 valence electrons. The number of hydrogen-bond donors (Lipinski definition) is 2. The van der Waals surface area contributed by atoms with Crippen molar-refractivity contribution in [2.45, 2.75) is 26.3 Å². The third kappa shape index (κ3) is 6.52. The molecule has 0 radical (unpaired) electrons. The Morgan fingerprint density at radius 3 is 2.65 bits per heavy atom. The smallest absolute Gasteiger partial charge is 0.373 e. The highest BCUT2D eigenvalue weighted by molar-refractivity contribution is 14.2. The molecule has 0 bridgehead atoms. The highest BCUT2D eigenvalue weighted by atomic mass is 127. The quantitative estimate of drug-likeness (QED) is 0.117. The van der Waals surface area contributed by atoms with Crippen molar-refractivity contribution in [3.05, 3.63) is 101 Å². The average molecular weight is 710 g/mol. The number of benzene rings is 2. The van der Waals surface area contributed by atoms with Crippen LogP contribution in [0.15, 0.2) is 82.5 Å². The molecule has 4 heterocycles. The van der Waals surface area contributed by atoms with E-state index in [4.69, 9.17) is 15.1 Å². The Hall–Kier alpha value is -4.36. The average Bonchev–Trinajstić information content (AvgIpc) is 3.69. The Kier molecular flexibility index (Phi) is 9.62. The molecule has 0 aliphatic rings. The number of imidazole rings is 1. The highest BCUT2D eigenvalue weighted by Gasteiger charge is 2.16. The molecular formula is C29H28IN8O4P. The Balaban J connectivity index is 0.000000255. The number of hydrogen-bond acceptors (Lipinski definition) is 10.